The molecule has 1 unspecified atom stereocenters. The van der Waals surface area contributed by atoms with E-state index in [9.17, 15) is 0 Å². The molecule has 236 valence electrons. The molecule has 50 heavy (non-hydrogen) atoms. The van der Waals surface area contributed by atoms with Gasteiger partial charge in [0.15, 0.2) is 11.6 Å². The van der Waals surface area contributed by atoms with Crippen LogP contribution < -0.4 is 0 Å². The van der Waals surface area contributed by atoms with Gasteiger partial charge in [0.05, 0.1) is 0 Å². The first kappa shape index (κ1) is 29.7. The van der Waals surface area contributed by atoms with Crippen molar-refractivity contribution >= 4 is 27.1 Å². The predicted octanol–water partition coefficient (Wildman–Crippen LogP) is 12.0. The highest BCUT2D eigenvalue weighted by Crippen LogP contribution is 2.38. The Morgan fingerprint density at radius 3 is 1.66 bits per heavy atom. The summed E-state index contributed by atoms with van der Waals surface area (Å²) in [6.45, 7) is 0. The minimum atomic E-state index is 0.000612. The van der Waals surface area contributed by atoms with Crippen molar-refractivity contribution in [1.29, 1.82) is 0 Å². The van der Waals surface area contributed by atoms with Crippen molar-refractivity contribution in [3.63, 3.8) is 0 Å². The number of aromatic nitrogens is 3. The van der Waals surface area contributed by atoms with Gasteiger partial charge in [-0.3, -0.25) is 0 Å². The lowest BCUT2D eigenvalue weighted by Gasteiger charge is -2.19. The van der Waals surface area contributed by atoms with Gasteiger partial charge in [-0.2, -0.15) is 0 Å². The Morgan fingerprint density at radius 1 is 0.420 bits per heavy atom. The molecule has 1 aliphatic carbocycles. The second-order valence-electron chi connectivity index (χ2n) is 12.8. The van der Waals surface area contributed by atoms with Crippen LogP contribution in [0.4, 0.5) is 0 Å². The summed E-state index contributed by atoms with van der Waals surface area (Å²) < 4.78 is 0. The molecule has 0 bridgehead atoms. The second-order valence-corrected chi connectivity index (χ2v) is 12.8. The van der Waals surface area contributed by atoms with Crippen molar-refractivity contribution in [3.05, 3.63) is 193 Å². The van der Waals surface area contributed by atoms with E-state index in [1.165, 1.54) is 49.5 Å². The first-order valence-corrected chi connectivity index (χ1v) is 17.1. The van der Waals surface area contributed by atoms with Crippen LogP contribution in [0.2, 0.25) is 0 Å². The van der Waals surface area contributed by atoms with Crippen molar-refractivity contribution in [1.82, 2.24) is 15.0 Å². The van der Waals surface area contributed by atoms with Crippen molar-refractivity contribution in [2.75, 3.05) is 0 Å². The topological polar surface area (TPSA) is 38.7 Å². The zero-order chi connectivity index (χ0) is 33.3. The van der Waals surface area contributed by atoms with Crippen molar-refractivity contribution < 1.29 is 0 Å². The third kappa shape index (κ3) is 5.69. The van der Waals surface area contributed by atoms with Gasteiger partial charge >= 0.3 is 0 Å². The Morgan fingerprint density at radius 2 is 0.960 bits per heavy atom. The molecule has 1 atom stereocenters. The molecule has 0 saturated heterocycles. The van der Waals surface area contributed by atoms with E-state index in [-0.39, 0.29) is 5.92 Å². The molecule has 3 heteroatoms. The monoisotopic (exact) mass is 639 g/mol. The van der Waals surface area contributed by atoms with Crippen LogP contribution in [-0.4, -0.2) is 15.0 Å². The number of fused-ring (bicyclic) bond motifs is 2. The zero-order valence-electron chi connectivity index (χ0n) is 27.4. The summed E-state index contributed by atoms with van der Waals surface area (Å²) in [7, 11) is 0. The second kappa shape index (κ2) is 12.9. The molecule has 0 spiro atoms. The highest BCUT2D eigenvalue weighted by molar-refractivity contribution is 6.04. The van der Waals surface area contributed by atoms with Gasteiger partial charge in [-0.1, -0.05) is 170 Å². The van der Waals surface area contributed by atoms with Crippen LogP contribution in [0.5, 0.6) is 0 Å². The molecule has 0 aliphatic heterocycles. The Kier molecular flexibility index (Phi) is 7.64. The first-order chi connectivity index (χ1) is 24.8. The fourth-order valence-electron chi connectivity index (χ4n) is 7.06. The minimum Gasteiger partial charge on any atom is -0.212 e. The SMILES string of the molecule is C1=CC(c2ccc(-c3ccccc3)c3ccccc23)=CC(c2nc(-c3ccccc3)nc(-c3ccc4cc(-c5ccccc5)ccc4c3)n2)C1. The Labute approximate surface area is 292 Å². The summed E-state index contributed by atoms with van der Waals surface area (Å²) in [6, 6.07) is 57.7. The molecule has 0 saturated carbocycles. The summed E-state index contributed by atoms with van der Waals surface area (Å²) in [5.41, 5.74) is 9.22. The van der Waals surface area contributed by atoms with E-state index in [1.54, 1.807) is 0 Å². The maximum absolute atomic E-state index is 5.17. The van der Waals surface area contributed by atoms with Crippen LogP contribution in [0.25, 0.3) is 72.1 Å². The third-order valence-electron chi connectivity index (χ3n) is 9.61. The van der Waals surface area contributed by atoms with E-state index >= 15 is 0 Å². The van der Waals surface area contributed by atoms with Crippen LogP contribution in [0, 0.1) is 0 Å². The van der Waals surface area contributed by atoms with E-state index in [4.69, 9.17) is 15.0 Å². The molecular weight excluding hydrogens is 607 g/mol. The van der Waals surface area contributed by atoms with Crippen LogP contribution in [0.3, 0.4) is 0 Å². The molecule has 0 fully saturated rings. The third-order valence-corrected chi connectivity index (χ3v) is 9.61. The maximum Gasteiger partial charge on any atom is 0.163 e. The van der Waals surface area contributed by atoms with Crippen molar-refractivity contribution in [2.45, 2.75) is 12.3 Å². The summed E-state index contributed by atoms with van der Waals surface area (Å²) in [5, 5.41) is 4.81. The largest absolute Gasteiger partial charge is 0.212 e. The van der Waals surface area contributed by atoms with Crippen molar-refractivity contribution in [2.24, 2.45) is 0 Å². The summed E-state index contributed by atoms with van der Waals surface area (Å²) >= 11 is 0. The van der Waals surface area contributed by atoms with Gasteiger partial charge < -0.3 is 0 Å². The normalized spacial score (nSPS) is 14.2. The summed E-state index contributed by atoms with van der Waals surface area (Å²) in [5.74, 6) is 2.15. The lowest BCUT2D eigenvalue weighted by Crippen LogP contribution is -2.09. The Balaban J connectivity index is 1.13. The van der Waals surface area contributed by atoms with Crippen LogP contribution >= 0.6 is 0 Å². The number of benzene rings is 7. The smallest absolute Gasteiger partial charge is 0.163 e. The predicted molar refractivity (Wildman–Crippen MR) is 207 cm³/mol. The summed E-state index contributed by atoms with van der Waals surface area (Å²) in [6.07, 6.45) is 7.66. The number of nitrogens with zero attached hydrogens (tertiary/aromatic N) is 3. The fourth-order valence-corrected chi connectivity index (χ4v) is 7.06. The van der Waals surface area contributed by atoms with Gasteiger partial charge in [0.2, 0.25) is 0 Å². The van der Waals surface area contributed by atoms with Gasteiger partial charge in [0.25, 0.3) is 0 Å². The molecule has 1 aliphatic rings. The lowest BCUT2D eigenvalue weighted by atomic mass is 9.87. The van der Waals surface area contributed by atoms with E-state index in [0.29, 0.717) is 11.6 Å². The van der Waals surface area contributed by atoms with E-state index in [2.05, 4.69) is 164 Å². The number of hydrogen-bond acceptors (Lipinski definition) is 3. The van der Waals surface area contributed by atoms with Crippen LogP contribution in [0.15, 0.2) is 182 Å². The van der Waals surface area contributed by atoms with Gasteiger partial charge in [-0.05, 0) is 73.5 Å². The summed E-state index contributed by atoms with van der Waals surface area (Å²) in [4.78, 5) is 15.3. The van der Waals surface area contributed by atoms with Gasteiger partial charge in [0, 0.05) is 17.0 Å². The number of rotatable bonds is 6. The number of allylic oxidation sites excluding steroid dienone is 4. The highest BCUT2D eigenvalue weighted by Gasteiger charge is 2.21. The quantitative estimate of drug-likeness (QED) is 0.182. The highest BCUT2D eigenvalue weighted by atomic mass is 15.0. The molecule has 1 aromatic heterocycles. The Hall–Kier alpha value is -6.45. The zero-order valence-corrected chi connectivity index (χ0v) is 27.4. The maximum atomic E-state index is 5.17. The first-order valence-electron chi connectivity index (χ1n) is 17.1. The standard InChI is InChI=1S/C47H33N3/c1-4-13-32(14-5-1)35-23-24-37-30-40(26-25-36(37)29-35)47-49-45(34-17-8-3-9-18-34)48-46(50-47)39-20-12-19-38(31-39)42-28-27-41(33-15-6-2-7-16-33)43-21-10-11-22-44(42)43/h1-19,21-31,39H,20H2. The molecule has 1 heterocycles. The van der Waals surface area contributed by atoms with Crippen molar-refractivity contribution in [3.8, 4) is 45.0 Å². The molecule has 7 aromatic carbocycles. The molecule has 0 amide bonds. The van der Waals surface area contributed by atoms with Gasteiger partial charge in [-0.15, -0.1) is 0 Å². The van der Waals surface area contributed by atoms with E-state index < -0.39 is 0 Å². The van der Waals surface area contributed by atoms with Gasteiger partial charge in [0.1, 0.15) is 5.82 Å². The molecule has 0 N–H and O–H groups in total. The molecule has 9 rings (SSSR count). The fraction of sp³-hybridized carbons (Fsp3) is 0.0426. The molecule has 8 aromatic rings. The van der Waals surface area contributed by atoms with Crippen LogP contribution in [0.1, 0.15) is 23.7 Å². The van der Waals surface area contributed by atoms with Gasteiger partial charge in [-0.25, -0.2) is 15.0 Å². The average Bonchev–Trinajstić information content (AvgIpc) is 3.21. The van der Waals surface area contributed by atoms with Crippen LogP contribution in [-0.2, 0) is 0 Å². The number of hydrogen-bond donors (Lipinski definition) is 0. The molecule has 0 radical (unpaired) electrons. The average molecular weight is 640 g/mol. The lowest BCUT2D eigenvalue weighted by molar-refractivity contribution is 0.766. The molecule has 3 nitrogen and oxygen atoms in total. The molecular formula is C47H33N3. The minimum absolute atomic E-state index is 0.000612. The Bertz CT molecular complexity index is 2550. The van der Waals surface area contributed by atoms with E-state index in [0.717, 1.165) is 28.8 Å². The van der Waals surface area contributed by atoms with E-state index in [1.807, 2.05) is 18.2 Å².